The van der Waals surface area contributed by atoms with Crippen LogP contribution in [0.25, 0.3) is 0 Å². The number of rotatable bonds is 4. The van der Waals surface area contributed by atoms with Crippen molar-refractivity contribution in [2.24, 2.45) is 5.92 Å². The van der Waals surface area contributed by atoms with Crippen LogP contribution in [0, 0.1) is 5.92 Å². The van der Waals surface area contributed by atoms with Crippen molar-refractivity contribution in [2.75, 3.05) is 26.9 Å². The Morgan fingerprint density at radius 3 is 2.56 bits per heavy atom. The Morgan fingerprint density at radius 1 is 1.28 bits per heavy atom. The third kappa shape index (κ3) is 3.65. The van der Waals surface area contributed by atoms with Crippen molar-refractivity contribution < 1.29 is 18.7 Å². The van der Waals surface area contributed by atoms with Gasteiger partial charge in [0.15, 0.2) is 0 Å². The van der Waals surface area contributed by atoms with E-state index in [1.807, 2.05) is 4.90 Å². The van der Waals surface area contributed by atoms with E-state index in [2.05, 4.69) is 0 Å². The molecule has 2 aliphatic rings. The molecule has 0 aromatic carbocycles. The Kier molecular flexibility index (Phi) is 4.95. The summed E-state index contributed by atoms with van der Waals surface area (Å²) in [5.41, 5.74) is 0. The number of hydrogen-bond donors (Lipinski definition) is 0. The van der Waals surface area contributed by atoms with Crippen molar-refractivity contribution in [3.8, 4) is 0 Å². The van der Waals surface area contributed by atoms with Gasteiger partial charge in [0.1, 0.15) is 6.17 Å². The molecule has 0 aromatic heterocycles. The van der Waals surface area contributed by atoms with E-state index in [-0.39, 0.29) is 18.0 Å². The molecule has 18 heavy (non-hydrogen) atoms. The van der Waals surface area contributed by atoms with E-state index < -0.39 is 6.17 Å². The van der Waals surface area contributed by atoms with Crippen LogP contribution in [0.3, 0.4) is 0 Å². The molecule has 2 fully saturated rings. The fourth-order valence-electron chi connectivity index (χ4n) is 2.75. The second-order valence-electron chi connectivity index (χ2n) is 5.26. The first-order chi connectivity index (χ1) is 8.69. The lowest BCUT2D eigenvalue weighted by molar-refractivity contribution is -0.147. The minimum Gasteiger partial charge on any atom is -0.469 e. The quantitative estimate of drug-likeness (QED) is 0.721. The number of halogens is 1. The molecule has 2 rings (SSSR count). The average molecular weight is 259 g/mol. The predicted octanol–water partition coefficient (Wildman–Crippen LogP) is 1.74. The van der Waals surface area contributed by atoms with Crippen molar-refractivity contribution in [1.82, 2.24) is 4.90 Å². The van der Waals surface area contributed by atoms with Gasteiger partial charge < -0.3 is 9.47 Å². The summed E-state index contributed by atoms with van der Waals surface area (Å²) in [5.74, 6) is -0.0647. The van der Waals surface area contributed by atoms with Crippen molar-refractivity contribution in [3.63, 3.8) is 0 Å². The van der Waals surface area contributed by atoms with E-state index in [1.165, 1.54) is 7.11 Å². The number of alkyl halides is 1. The lowest BCUT2D eigenvalue weighted by Gasteiger charge is -2.28. The lowest BCUT2D eigenvalue weighted by Crippen LogP contribution is -2.31. The topological polar surface area (TPSA) is 38.8 Å². The number of methoxy groups -OCH3 is 1. The van der Waals surface area contributed by atoms with Gasteiger partial charge in [-0.05, 0) is 32.1 Å². The molecule has 1 atom stereocenters. The standard InChI is InChI=1S/C13H22FNO3/c1-17-13(16)10-2-4-12(5-3-10)18-9-15-7-6-11(14)8-15/h10-12H,2-9H2,1H3/t10?,11-,12?/m0/s1. The molecule has 0 aromatic rings. The second-order valence-corrected chi connectivity index (χ2v) is 5.26. The van der Waals surface area contributed by atoms with Gasteiger partial charge in [0, 0.05) is 13.1 Å². The van der Waals surface area contributed by atoms with Gasteiger partial charge in [0.2, 0.25) is 0 Å². The number of nitrogens with zero attached hydrogens (tertiary/aromatic N) is 1. The highest BCUT2D eigenvalue weighted by atomic mass is 19.1. The molecular formula is C13H22FNO3. The minimum atomic E-state index is -0.691. The first-order valence-corrected chi connectivity index (χ1v) is 6.75. The van der Waals surface area contributed by atoms with E-state index in [0.29, 0.717) is 19.7 Å². The summed E-state index contributed by atoms with van der Waals surface area (Å²) in [6.45, 7) is 1.81. The Morgan fingerprint density at radius 2 is 2.00 bits per heavy atom. The number of likely N-dealkylation sites (tertiary alicyclic amines) is 1. The molecule has 1 heterocycles. The SMILES string of the molecule is COC(=O)C1CCC(OCN2CC[C@H](F)C2)CC1. The molecule has 0 bridgehead atoms. The van der Waals surface area contributed by atoms with Crippen LogP contribution in [0.5, 0.6) is 0 Å². The molecule has 0 N–H and O–H groups in total. The zero-order valence-electron chi connectivity index (χ0n) is 10.9. The largest absolute Gasteiger partial charge is 0.469 e. The molecule has 4 nitrogen and oxygen atoms in total. The normalized spacial score (nSPS) is 33.6. The van der Waals surface area contributed by atoms with Crippen LogP contribution in [0.4, 0.5) is 4.39 Å². The van der Waals surface area contributed by atoms with E-state index in [1.54, 1.807) is 0 Å². The van der Waals surface area contributed by atoms with Crippen molar-refractivity contribution >= 4 is 5.97 Å². The highest BCUT2D eigenvalue weighted by Gasteiger charge is 2.28. The summed E-state index contributed by atoms with van der Waals surface area (Å²) in [6.07, 6.45) is 3.61. The molecule has 1 saturated carbocycles. The van der Waals surface area contributed by atoms with Crippen molar-refractivity contribution in [1.29, 1.82) is 0 Å². The highest BCUT2D eigenvalue weighted by Crippen LogP contribution is 2.27. The van der Waals surface area contributed by atoms with Crippen LogP contribution >= 0.6 is 0 Å². The van der Waals surface area contributed by atoms with Crippen LogP contribution in [0.1, 0.15) is 32.1 Å². The maximum atomic E-state index is 13.0. The fraction of sp³-hybridized carbons (Fsp3) is 0.923. The van der Waals surface area contributed by atoms with E-state index in [0.717, 1.165) is 32.2 Å². The summed E-state index contributed by atoms with van der Waals surface area (Å²) >= 11 is 0. The van der Waals surface area contributed by atoms with Crippen LogP contribution in [-0.4, -0.2) is 50.1 Å². The fourth-order valence-corrected chi connectivity index (χ4v) is 2.75. The van der Waals surface area contributed by atoms with Crippen molar-refractivity contribution in [2.45, 2.75) is 44.4 Å². The summed E-state index contributed by atoms with van der Waals surface area (Å²) < 4.78 is 23.5. The number of ether oxygens (including phenoxy) is 2. The van der Waals surface area contributed by atoms with Gasteiger partial charge in [-0.1, -0.05) is 0 Å². The highest BCUT2D eigenvalue weighted by molar-refractivity contribution is 5.72. The van der Waals surface area contributed by atoms with Gasteiger partial charge in [-0.15, -0.1) is 0 Å². The molecule has 5 heteroatoms. The zero-order chi connectivity index (χ0) is 13.0. The molecular weight excluding hydrogens is 237 g/mol. The minimum absolute atomic E-state index is 0.0388. The Labute approximate surface area is 107 Å². The van der Waals surface area contributed by atoms with Gasteiger partial charge in [-0.2, -0.15) is 0 Å². The maximum absolute atomic E-state index is 13.0. The Hall–Kier alpha value is -0.680. The van der Waals surface area contributed by atoms with Crippen LogP contribution in [0.15, 0.2) is 0 Å². The Bertz CT molecular complexity index is 279. The molecule has 104 valence electrons. The van der Waals surface area contributed by atoms with Gasteiger partial charge in [-0.3, -0.25) is 9.69 Å². The monoisotopic (exact) mass is 259 g/mol. The molecule has 1 aliphatic heterocycles. The third-order valence-corrected chi connectivity index (χ3v) is 3.92. The zero-order valence-corrected chi connectivity index (χ0v) is 10.9. The summed E-state index contributed by atoms with van der Waals surface area (Å²) in [4.78, 5) is 13.4. The summed E-state index contributed by atoms with van der Waals surface area (Å²) in [6, 6.07) is 0. The second kappa shape index (κ2) is 6.48. The molecule has 0 spiro atoms. The average Bonchev–Trinajstić information content (AvgIpc) is 2.82. The number of carbonyl (C=O) groups is 1. The van der Waals surface area contributed by atoms with E-state index in [9.17, 15) is 9.18 Å². The van der Waals surface area contributed by atoms with E-state index >= 15 is 0 Å². The van der Waals surface area contributed by atoms with Crippen LogP contribution in [0.2, 0.25) is 0 Å². The number of esters is 1. The molecule has 1 aliphatic carbocycles. The van der Waals surface area contributed by atoms with Gasteiger partial charge in [0.05, 0.1) is 25.9 Å². The van der Waals surface area contributed by atoms with Gasteiger partial charge in [0.25, 0.3) is 0 Å². The van der Waals surface area contributed by atoms with E-state index in [4.69, 9.17) is 9.47 Å². The van der Waals surface area contributed by atoms with Gasteiger partial charge >= 0.3 is 5.97 Å². The maximum Gasteiger partial charge on any atom is 0.308 e. The first-order valence-electron chi connectivity index (χ1n) is 6.75. The number of carbonyl (C=O) groups excluding carboxylic acids is 1. The summed E-state index contributed by atoms with van der Waals surface area (Å²) in [5, 5.41) is 0. The Balaban J connectivity index is 1.63. The lowest BCUT2D eigenvalue weighted by atomic mass is 9.87. The van der Waals surface area contributed by atoms with Crippen LogP contribution < -0.4 is 0 Å². The molecule has 0 radical (unpaired) electrons. The molecule has 0 unspecified atom stereocenters. The van der Waals surface area contributed by atoms with Crippen LogP contribution in [-0.2, 0) is 14.3 Å². The van der Waals surface area contributed by atoms with Crippen molar-refractivity contribution in [3.05, 3.63) is 0 Å². The van der Waals surface area contributed by atoms with Gasteiger partial charge in [-0.25, -0.2) is 4.39 Å². The summed E-state index contributed by atoms with van der Waals surface area (Å²) in [7, 11) is 1.44. The molecule has 0 amide bonds. The predicted molar refractivity (Wildman–Crippen MR) is 64.8 cm³/mol. The molecule has 1 saturated heterocycles. The number of hydrogen-bond acceptors (Lipinski definition) is 4. The first kappa shape index (κ1) is 13.7. The third-order valence-electron chi connectivity index (χ3n) is 3.92. The smallest absolute Gasteiger partial charge is 0.308 e.